The third kappa shape index (κ3) is 4.86. The van der Waals surface area contributed by atoms with Crippen LogP contribution in [0.5, 0.6) is 11.5 Å². The molecule has 0 bridgehead atoms. The summed E-state index contributed by atoms with van der Waals surface area (Å²) < 4.78 is 17.1. The van der Waals surface area contributed by atoms with Gasteiger partial charge in [0.05, 0.1) is 5.69 Å². The number of hydrogen-bond acceptors (Lipinski definition) is 6. The van der Waals surface area contributed by atoms with Gasteiger partial charge in [0, 0.05) is 26.2 Å². The minimum atomic E-state index is -0.833. The van der Waals surface area contributed by atoms with Crippen LogP contribution in [0.3, 0.4) is 0 Å². The average Bonchev–Trinajstić information content (AvgIpc) is 2.96. The molecule has 8 heteroatoms. The number of carbonyl (C=O) groups is 2. The molecule has 1 saturated heterocycles. The van der Waals surface area contributed by atoms with Gasteiger partial charge in [0.1, 0.15) is 35.9 Å². The largest absolute Gasteiger partial charge is 0.489 e. The smallest absolute Gasteiger partial charge is 0.408 e. The van der Waals surface area contributed by atoms with Crippen LogP contribution >= 0.6 is 0 Å². The lowest BCUT2D eigenvalue weighted by molar-refractivity contribution is -0.120. The second-order valence-electron chi connectivity index (χ2n) is 8.33. The highest BCUT2D eigenvalue weighted by Gasteiger charge is 2.32. The van der Waals surface area contributed by atoms with E-state index in [4.69, 9.17) is 14.2 Å². The maximum Gasteiger partial charge on any atom is 0.408 e. The molecule has 0 aromatic heterocycles. The number of hydrogen-bond donors (Lipinski definition) is 1. The van der Waals surface area contributed by atoms with Gasteiger partial charge in [-0.2, -0.15) is 0 Å². The van der Waals surface area contributed by atoms with Crippen molar-refractivity contribution in [3.63, 3.8) is 0 Å². The summed E-state index contributed by atoms with van der Waals surface area (Å²) in [5.74, 6) is 0.989. The molecule has 2 atom stereocenters. The summed E-state index contributed by atoms with van der Waals surface area (Å²) in [7, 11) is 3.73. The molecule has 154 valence electrons. The molecule has 0 radical (unpaired) electrons. The summed E-state index contributed by atoms with van der Waals surface area (Å²) >= 11 is 0. The summed E-state index contributed by atoms with van der Waals surface area (Å²) in [4.78, 5) is 28.6. The summed E-state index contributed by atoms with van der Waals surface area (Å²) in [6.45, 7) is 7.22. The number of rotatable bonds is 3. The zero-order chi connectivity index (χ0) is 20.5. The Morgan fingerprint density at radius 2 is 2.04 bits per heavy atom. The number of nitrogens with one attached hydrogen (secondary N) is 1. The molecule has 2 heterocycles. The van der Waals surface area contributed by atoms with Crippen LogP contribution in [-0.4, -0.2) is 68.4 Å². The number of anilines is 1. The van der Waals surface area contributed by atoms with E-state index in [1.54, 1.807) is 40.0 Å². The molecule has 2 aliphatic heterocycles. The first-order chi connectivity index (χ1) is 13.1. The third-order valence-electron chi connectivity index (χ3n) is 4.67. The SMILES string of the molecule is CN1CC[C@@H](Oc2ccc3c(c2)N(C)C(=O)[C@@H](NC(=O)OC(C)(C)C)CO3)C1. The maximum absolute atomic E-state index is 12.8. The van der Waals surface area contributed by atoms with Crippen LogP contribution in [0.15, 0.2) is 18.2 Å². The maximum atomic E-state index is 12.8. The monoisotopic (exact) mass is 391 g/mol. The van der Waals surface area contributed by atoms with Crippen molar-refractivity contribution < 1.29 is 23.8 Å². The fraction of sp³-hybridized carbons (Fsp3) is 0.600. The van der Waals surface area contributed by atoms with Crippen molar-refractivity contribution >= 4 is 17.7 Å². The molecule has 1 aromatic rings. The van der Waals surface area contributed by atoms with Gasteiger partial charge in [-0.15, -0.1) is 0 Å². The molecule has 0 unspecified atom stereocenters. The molecule has 1 fully saturated rings. The van der Waals surface area contributed by atoms with Crippen molar-refractivity contribution in [1.29, 1.82) is 0 Å². The Labute approximate surface area is 165 Å². The fourth-order valence-corrected chi connectivity index (χ4v) is 3.29. The van der Waals surface area contributed by atoms with E-state index in [1.165, 1.54) is 4.90 Å². The number of benzene rings is 1. The zero-order valence-electron chi connectivity index (χ0n) is 17.2. The lowest BCUT2D eigenvalue weighted by atomic mass is 10.2. The Balaban J connectivity index is 1.70. The van der Waals surface area contributed by atoms with Gasteiger partial charge in [-0.25, -0.2) is 4.79 Å². The molecule has 8 nitrogen and oxygen atoms in total. The van der Waals surface area contributed by atoms with Crippen LogP contribution in [0.4, 0.5) is 10.5 Å². The molecule has 0 spiro atoms. The number of likely N-dealkylation sites (tertiary alicyclic amines) is 1. The molecule has 2 aliphatic rings. The number of carbonyl (C=O) groups excluding carboxylic acids is 2. The molecular formula is C20H29N3O5. The van der Waals surface area contributed by atoms with Crippen LogP contribution in [0, 0.1) is 0 Å². The van der Waals surface area contributed by atoms with Gasteiger partial charge in [-0.1, -0.05) is 0 Å². The van der Waals surface area contributed by atoms with Gasteiger partial charge in [0.2, 0.25) is 0 Å². The molecule has 28 heavy (non-hydrogen) atoms. The Bertz CT molecular complexity index is 746. The highest BCUT2D eigenvalue weighted by Crippen LogP contribution is 2.35. The van der Waals surface area contributed by atoms with E-state index in [2.05, 4.69) is 17.3 Å². The average molecular weight is 391 g/mol. The Kier molecular flexibility index (Phi) is 5.69. The van der Waals surface area contributed by atoms with Crippen LogP contribution in [-0.2, 0) is 9.53 Å². The second kappa shape index (κ2) is 7.87. The standard InChI is InChI=1S/C20H29N3O5/c1-20(2,3)28-19(25)21-15-12-26-17-7-6-13(10-16(17)23(5)18(15)24)27-14-8-9-22(4)11-14/h6-7,10,14-15H,8-9,11-12H2,1-5H3,(H,21,25)/t14-,15+/m1/s1. The molecule has 0 aliphatic carbocycles. The van der Waals surface area contributed by atoms with E-state index in [-0.39, 0.29) is 18.6 Å². The lowest BCUT2D eigenvalue weighted by Crippen LogP contribution is -2.50. The number of fused-ring (bicyclic) bond motifs is 1. The minimum absolute atomic E-state index is 0.0308. The number of amides is 2. The zero-order valence-corrected chi connectivity index (χ0v) is 17.2. The summed E-state index contributed by atoms with van der Waals surface area (Å²) in [5, 5.41) is 2.59. The van der Waals surface area contributed by atoms with Gasteiger partial charge < -0.3 is 29.3 Å². The fourth-order valence-electron chi connectivity index (χ4n) is 3.29. The van der Waals surface area contributed by atoms with Gasteiger partial charge in [-0.05, 0) is 46.4 Å². The molecule has 2 amide bonds. The highest BCUT2D eigenvalue weighted by atomic mass is 16.6. The van der Waals surface area contributed by atoms with Crippen molar-refractivity contribution in [1.82, 2.24) is 10.2 Å². The molecule has 0 saturated carbocycles. The Morgan fingerprint density at radius 3 is 2.68 bits per heavy atom. The highest BCUT2D eigenvalue weighted by molar-refractivity contribution is 6.00. The van der Waals surface area contributed by atoms with Gasteiger partial charge in [0.15, 0.2) is 0 Å². The topological polar surface area (TPSA) is 80.3 Å². The number of nitrogens with zero attached hydrogens (tertiary/aromatic N) is 2. The van der Waals surface area contributed by atoms with Crippen molar-refractivity contribution in [2.24, 2.45) is 0 Å². The second-order valence-corrected chi connectivity index (χ2v) is 8.33. The summed E-state index contributed by atoms with van der Waals surface area (Å²) in [6.07, 6.45) is 0.460. The van der Waals surface area contributed by atoms with Crippen LogP contribution in [0.25, 0.3) is 0 Å². The predicted molar refractivity (Wildman–Crippen MR) is 105 cm³/mol. The first kappa shape index (κ1) is 20.3. The van der Waals surface area contributed by atoms with Gasteiger partial charge in [-0.3, -0.25) is 4.79 Å². The Hall–Kier alpha value is -2.48. The summed E-state index contributed by atoms with van der Waals surface area (Å²) in [5.41, 5.74) is -0.0314. The van der Waals surface area contributed by atoms with Crippen molar-refractivity contribution in [2.75, 3.05) is 38.7 Å². The first-order valence-electron chi connectivity index (χ1n) is 9.51. The van der Waals surface area contributed by atoms with E-state index in [0.29, 0.717) is 17.2 Å². The molecule has 1 aromatic carbocycles. The van der Waals surface area contributed by atoms with Crippen molar-refractivity contribution in [3.05, 3.63) is 18.2 Å². The lowest BCUT2D eigenvalue weighted by Gasteiger charge is -2.24. The van der Waals surface area contributed by atoms with E-state index < -0.39 is 17.7 Å². The summed E-state index contributed by atoms with van der Waals surface area (Å²) in [6, 6.07) is 4.61. The van der Waals surface area contributed by atoms with E-state index in [9.17, 15) is 9.59 Å². The van der Waals surface area contributed by atoms with E-state index in [1.807, 2.05) is 6.07 Å². The quantitative estimate of drug-likeness (QED) is 0.849. The number of alkyl carbamates (subject to hydrolysis) is 1. The molecule has 3 rings (SSSR count). The van der Waals surface area contributed by atoms with Crippen molar-refractivity contribution in [3.8, 4) is 11.5 Å². The first-order valence-corrected chi connectivity index (χ1v) is 9.51. The van der Waals surface area contributed by atoms with Gasteiger partial charge in [0.25, 0.3) is 5.91 Å². The van der Waals surface area contributed by atoms with Crippen LogP contribution in [0.2, 0.25) is 0 Å². The number of ether oxygens (including phenoxy) is 3. The van der Waals surface area contributed by atoms with Crippen LogP contribution < -0.4 is 19.7 Å². The van der Waals surface area contributed by atoms with Crippen molar-refractivity contribution in [2.45, 2.75) is 44.9 Å². The molecular weight excluding hydrogens is 362 g/mol. The minimum Gasteiger partial charge on any atom is -0.489 e. The Morgan fingerprint density at radius 1 is 1.29 bits per heavy atom. The van der Waals surface area contributed by atoms with E-state index >= 15 is 0 Å². The van der Waals surface area contributed by atoms with Crippen LogP contribution in [0.1, 0.15) is 27.2 Å². The van der Waals surface area contributed by atoms with E-state index in [0.717, 1.165) is 19.5 Å². The van der Waals surface area contributed by atoms with Gasteiger partial charge >= 0.3 is 6.09 Å². The third-order valence-corrected chi connectivity index (χ3v) is 4.67. The molecule has 1 N–H and O–H groups in total. The number of likely N-dealkylation sites (N-methyl/N-ethyl adjacent to an activating group) is 2. The predicted octanol–water partition coefficient (Wildman–Crippen LogP) is 2.02. The normalized spacial score (nSPS) is 22.9.